The van der Waals surface area contributed by atoms with Crippen LogP contribution in [0.1, 0.15) is 28.7 Å². The van der Waals surface area contributed by atoms with Gasteiger partial charge >= 0.3 is 5.63 Å². The van der Waals surface area contributed by atoms with Crippen molar-refractivity contribution in [3.05, 3.63) is 63.2 Å². The minimum Gasteiger partial charge on any atom is -0.497 e. The maximum atomic E-state index is 12.7. The lowest BCUT2D eigenvalue weighted by Crippen LogP contribution is -2.17. The fourth-order valence-corrected chi connectivity index (χ4v) is 3.96. The van der Waals surface area contributed by atoms with Crippen molar-refractivity contribution in [2.75, 3.05) is 19.5 Å². The number of carbonyl (C=O) groups is 1. The van der Waals surface area contributed by atoms with Crippen LogP contribution < -0.4 is 20.4 Å². The van der Waals surface area contributed by atoms with Gasteiger partial charge in [0.05, 0.1) is 26.2 Å². The monoisotopic (exact) mass is 435 g/mol. The number of hydrogen-bond donors (Lipinski definition) is 1. The van der Waals surface area contributed by atoms with E-state index in [9.17, 15) is 9.59 Å². The summed E-state index contributed by atoms with van der Waals surface area (Å²) >= 11 is 0. The summed E-state index contributed by atoms with van der Waals surface area (Å²) in [5, 5.41) is 4.67. The zero-order valence-corrected chi connectivity index (χ0v) is 18.8. The van der Waals surface area contributed by atoms with Gasteiger partial charge in [-0.05, 0) is 56.5 Å². The average molecular weight is 435 g/mol. The first-order valence-corrected chi connectivity index (χ1v) is 10.3. The Labute approximate surface area is 184 Å². The van der Waals surface area contributed by atoms with Crippen molar-refractivity contribution >= 4 is 33.5 Å². The summed E-state index contributed by atoms with van der Waals surface area (Å²) in [6, 6.07) is 7.13. The molecule has 0 unspecified atom stereocenters. The zero-order valence-electron chi connectivity index (χ0n) is 18.8. The summed E-state index contributed by atoms with van der Waals surface area (Å²) in [7, 11) is 3.08. The first kappa shape index (κ1) is 21.5. The van der Waals surface area contributed by atoms with E-state index in [0.717, 1.165) is 33.0 Å². The summed E-state index contributed by atoms with van der Waals surface area (Å²) in [6.07, 6.45) is 2.08. The van der Waals surface area contributed by atoms with Gasteiger partial charge in [0.2, 0.25) is 5.91 Å². The van der Waals surface area contributed by atoms with Crippen LogP contribution in [0.2, 0.25) is 0 Å². The second kappa shape index (κ2) is 8.42. The van der Waals surface area contributed by atoms with Crippen LogP contribution in [0.15, 0.2) is 44.2 Å². The van der Waals surface area contributed by atoms with E-state index in [-0.39, 0.29) is 18.7 Å². The molecule has 0 atom stereocenters. The largest absolute Gasteiger partial charge is 0.497 e. The fourth-order valence-electron chi connectivity index (χ4n) is 3.96. The predicted octanol–water partition coefficient (Wildman–Crippen LogP) is 5.05. The van der Waals surface area contributed by atoms with Crippen LogP contribution in [0.25, 0.3) is 21.9 Å². The normalized spacial score (nSPS) is 11.2. The number of furan rings is 1. The van der Waals surface area contributed by atoms with Gasteiger partial charge in [-0.3, -0.25) is 4.79 Å². The van der Waals surface area contributed by atoms with Crippen molar-refractivity contribution in [3.8, 4) is 11.5 Å². The lowest BCUT2D eigenvalue weighted by Gasteiger charge is -2.12. The van der Waals surface area contributed by atoms with Crippen molar-refractivity contribution < 1.29 is 23.1 Å². The second-order valence-electron chi connectivity index (χ2n) is 7.78. The Morgan fingerprint density at radius 3 is 2.50 bits per heavy atom. The number of amides is 1. The molecule has 1 N–H and O–H groups in total. The standard InChI is InChI=1S/C25H25NO6/c1-13-12-31-23-15(3)24-19(11-18(13)23)14(2)17(25(28)32-24)7-9-22(27)26-20-8-6-16(29-4)10-21(20)30-5/h6,8,10-12H,7,9H2,1-5H3,(H,26,27). The van der Waals surface area contributed by atoms with Crippen LogP contribution in [-0.2, 0) is 11.2 Å². The molecule has 0 bridgehead atoms. The predicted molar refractivity (Wildman–Crippen MR) is 123 cm³/mol. The van der Waals surface area contributed by atoms with E-state index < -0.39 is 5.63 Å². The molecule has 4 aromatic rings. The number of carbonyl (C=O) groups excluding carboxylic acids is 1. The molecule has 2 aromatic carbocycles. The number of hydrogen-bond acceptors (Lipinski definition) is 6. The van der Waals surface area contributed by atoms with E-state index in [4.69, 9.17) is 18.3 Å². The lowest BCUT2D eigenvalue weighted by molar-refractivity contribution is -0.116. The highest BCUT2D eigenvalue weighted by Gasteiger charge is 2.18. The summed E-state index contributed by atoms with van der Waals surface area (Å²) in [6.45, 7) is 5.75. The first-order valence-electron chi connectivity index (χ1n) is 10.3. The molecule has 4 rings (SSSR count). The third-order valence-electron chi connectivity index (χ3n) is 5.82. The number of aryl methyl sites for hydroxylation is 3. The Kier molecular flexibility index (Phi) is 5.65. The molecule has 0 aliphatic carbocycles. The van der Waals surface area contributed by atoms with Crippen molar-refractivity contribution in [3.63, 3.8) is 0 Å². The number of fused-ring (bicyclic) bond motifs is 2. The van der Waals surface area contributed by atoms with Crippen LogP contribution in [0.4, 0.5) is 5.69 Å². The molecule has 0 saturated heterocycles. The van der Waals surface area contributed by atoms with Gasteiger partial charge in [0.1, 0.15) is 22.7 Å². The molecule has 7 heteroatoms. The molecule has 7 nitrogen and oxygen atoms in total. The van der Waals surface area contributed by atoms with Crippen LogP contribution in [0.5, 0.6) is 11.5 Å². The second-order valence-corrected chi connectivity index (χ2v) is 7.78. The molecular formula is C25H25NO6. The third kappa shape index (κ3) is 3.70. The van der Waals surface area contributed by atoms with Crippen molar-refractivity contribution in [2.45, 2.75) is 33.6 Å². The molecule has 1 amide bonds. The maximum Gasteiger partial charge on any atom is 0.339 e. The van der Waals surface area contributed by atoms with E-state index >= 15 is 0 Å². The van der Waals surface area contributed by atoms with Gasteiger partial charge in [0.25, 0.3) is 0 Å². The quantitative estimate of drug-likeness (QED) is 0.426. The molecule has 2 heterocycles. The highest BCUT2D eigenvalue weighted by molar-refractivity contribution is 5.99. The van der Waals surface area contributed by atoms with Crippen LogP contribution >= 0.6 is 0 Å². The summed E-state index contributed by atoms with van der Waals surface area (Å²) in [5.41, 5.74) is 4.46. The molecule has 0 spiro atoms. The molecule has 2 aromatic heterocycles. The van der Waals surface area contributed by atoms with Crippen molar-refractivity contribution in [1.82, 2.24) is 0 Å². The Hall–Kier alpha value is -3.74. The fraction of sp³-hybridized carbons (Fsp3) is 0.280. The van der Waals surface area contributed by atoms with Crippen molar-refractivity contribution in [2.24, 2.45) is 0 Å². The van der Waals surface area contributed by atoms with Crippen LogP contribution in [-0.4, -0.2) is 20.1 Å². The molecule has 0 saturated carbocycles. The van der Waals surface area contributed by atoms with Gasteiger partial charge in [-0.1, -0.05) is 0 Å². The molecule has 0 radical (unpaired) electrons. The minimum absolute atomic E-state index is 0.123. The van der Waals surface area contributed by atoms with Crippen LogP contribution in [0, 0.1) is 20.8 Å². The number of anilines is 1. The van der Waals surface area contributed by atoms with Gasteiger partial charge in [-0.15, -0.1) is 0 Å². The Balaban J connectivity index is 1.61. The molecule has 0 aliphatic rings. The van der Waals surface area contributed by atoms with E-state index in [1.54, 1.807) is 31.6 Å². The zero-order chi connectivity index (χ0) is 23.0. The SMILES string of the molecule is COc1ccc(NC(=O)CCc2c(C)c3cc4c(C)coc4c(C)c3oc2=O)c(OC)c1. The van der Waals surface area contributed by atoms with Gasteiger partial charge in [0.15, 0.2) is 0 Å². The summed E-state index contributed by atoms with van der Waals surface area (Å²) in [5.74, 6) is 0.889. The van der Waals surface area contributed by atoms with Crippen molar-refractivity contribution in [1.29, 1.82) is 0 Å². The topological polar surface area (TPSA) is 90.9 Å². The van der Waals surface area contributed by atoms with E-state index in [1.807, 2.05) is 26.8 Å². The van der Waals surface area contributed by atoms with Gasteiger partial charge in [-0.2, -0.15) is 0 Å². The Bertz CT molecular complexity index is 1400. The maximum absolute atomic E-state index is 12.7. The van der Waals surface area contributed by atoms with Gasteiger partial charge in [-0.25, -0.2) is 4.79 Å². The van der Waals surface area contributed by atoms with E-state index in [2.05, 4.69) is 5.32 Å². The molecular weight excluding hydrogens is 410 g/mol. The minimum atomic E-state index is -0.435. The van der Waals surface area contributed by atoms with E-state index in [0.29, 0.717) is 28.3 Å². The molecule has 32 heavy (non-hydrogen) atoms. The highest BCUT2D eigenvalue weighted by Crippen LogP contribution is 2.33. The highest BCUT2D eigenvalue weighted by atomic mass is 16.5. The molecule has 0 aliphatic heterocycles. The molecule has 0 fully saturated rings. The van der Waals surface area contributed by atoms with Gasteiger partial charge in [0, 0.05) is 34.4 Å². The number of ether oxygens (including phenoxy) is 2. The number of methoxy groups -OCH3 is 2. The number of rotatable bonds is 6. The first-order chi connectivity index (χ1) is 15.3. The lowest BCUT2D eigenvalue weighted by atomic mass is 9.98. The Morgan fingerprint density at radius 2 is 1.78 bits per heavy atom. The average Bonchev–Trinajstić information content (AvgIpc) is 3.15. The van der Waals surface area contributed by atoms with E-state index in [1.165, 1.54) is 7.11 Å². The summed E-state index contributed by atoms with van der Waals surface area (Å²) < 4.78 is 21.8. The number of nitrogens with one attached hydrogen (secondary N) is 1. The molecule has 166 valence electrons. The van der Waals surface area contributed by atoms with Crippen LogP contribution in [0.3, 0.4) is 0 Å². The Morgan fingerprint density at radius 1 is 1.00 bits per heavy atom. The number of benzene rings is 2. The smallest absolute Gasteiger partial charge is 0.339 e. The summed E-state index contributed by atoms with van der Waals surface area (Å²) in [4.78, 5) is 25.3. The third-order valence-corrected chi connectivity index (χ3v) is 5.82. The van der Waals surface area contributed by atoms with Gasteiger partial charge < -0.3 is 23.6 Å².